The van der Waals surface area contributed by atoms with E-state index in [9.17, 15) is 20.1 Å². The van der Waals surface area contributed by atoms with Crippen LogP contribution in [0, 0.1) is 12.3 Å². The Bertz CT molecular complexity index is 1020. The molecule has 9 nitrogen and oxygen atoms in total. The maximum Gasteiger partial charge on any atom is 0.253 e. The third-order valence-corrected chi connectivity index (χ3v) is 8.08. The summed E-state index contributed by atoms with van der Waals surface area (Å²) in [5, 5.41) is 32.7. The van der Waals surface area contributed by atoms with E-state index in [-0.39, 0.29) is 18.6 Å². The Labute approximate surface area is 203 Å². The molecule has 1 unspecified atom stereocenters. The van der Waals surface area contributed by atoms with Gasteiger partial charge in [-0.2, -0.15) is 0 Å². The van der Waals surface area contributed by atoms with Gasteiger partial charge in [0.25, 0.3) is 5.91 Å². The fourth-order valence-electron chi connectivity index (χ4n) is 4.72. The normalized spacial score (nSPS) is 24.6. The van der Waals surface area contributed by atoms with Gasteiger partial charge in [0.2, 0.25) is 0 Å². The number of methoxy groups -OCH3 is 1. The standard InChI is InChI=1S/C24H33N3O6S/c1-14-12-34-23(25-14)26-8-17(9-26)33-21-7-16(5-6-20(21)32-4)18-10-27(22(31)19(30)11-28)13-24(18,3)15(2)29/h5-7,12,15,17-19,28-30H,8-11,13H2,1-4H3/t15-,18+,19?,24+/m1/s1. The van der Waals surface area contributed by atoms with E-state index in [4.69, 9.17) is 9.47 Å². The van der Waals surface area contributed by atoms with Crippen LogP contribution in [0.5, 0.6) is 11.5 Å². The Hall–Kier alpha value is -2.40. The molecule has 34 heavy (non-hydrogen) atoms. The zero-order chi connectivity index (χ0) is 24.6. The zero-order valence-corrected chi connectivity index (χ0v) is 20.8. The van der Waals surface area contributed by atoms with Crippen molar-refractivity contribution in [1.82, 2.24) is 9.88 Å². The number of aromatic nitrogens is 1. The predicted octanol–water partition coefficient (Wildman–Crippen LogP) is 1.39. The number of anilines is 1. The van der Waals surface area contributed by atoms with Crippen LogP contribution in [-0.2, 0) is 4.79 Å². The van der Waals surface area contributed by atoms with Crippen LogP contribution in [-0.4, -0.2) is 89.3 Å². The topological polar surface area (TPSA) is 116 Å². The summed E-state index contributed by atoms with van der Waals surface area (Å²) in [6.07, 6.45) is -2.16. The first-order valence-electron chi connectivity index (χ1n) is 11.4. The van der Waals surface area contributed by atoms with Gasteiger partial charge in [0.05, 0.1) is 38.6 Å². The number of hydrogen-bond acceptors (Lipinski definition) is 9. The lowest BCUT2D eigenvalue weighted by atomic mass is 9.72. The van der Waals surface area contributed by atoms with Crippen LogP contribution in [0.1, 0.15) is 31.0 Å². The summed E-state index contributed by atoms with van der Waals surface area (Å²) in [6, 6.07) is 5.70. The summed E-state index contributed by atoms with van der Waals surface area (Å²) in [6.45, 7) is 7.06. The molecule has 4 atom stereocenters. The highest BCUT2D eigenvalue weighted by Gasteiger charge is 2.49. The first kappa shape index (κ1) is 24.7. The van der Waals surface area contributed by atoms with Gasteiger partial charge in [0, 0.05) is 29.8 Å². The molecule has 2 saturated heterocycles. The van der Waals surface area contributed by atoms with Gasteiger partial charge in [-0.25, -0.2) is 4.98 Å². The first-order chi connectivity index (χ1) is 16.2. The molecule has 186 valence electrons. The number of benzene rings is 1. The van der Waals surface area contributed by atoms with Crippen LogP contribution in [0.3, 0.4) is 0 Å². The molecule has 1 aromatic carbocycles. The fraction of sp³-hybridized carbons (Fsp3) is 0.583. The number of thiazole rings is 1. The number of carbonyl (C=O) groups is 1. The molecule has 3 heterocycles. The van der Waals surface area contributed by atoms with Crippen molar-refractivity contribution in [3.63, 3.8) is 0 Å². The molecule has 0 aliphatic carbocycles. The van der Waals surface area contributed by atoms with Gasteiger partial charge >= 0.3 is 0 Å². The maximum absolute atomic E-state index is 12.6. The van der Waals surface area contributed by atoms with Crippen LogP contribution >= 0.6 is 11.3 Å². The van der Waals surface area contributed by atoms with Crippen LogP contribution in [0.2, 0.25) is 0 Å². The average molecular weight is 492 g/mol. The van der Waals surface area contributed by atoms with Crippen molar-refractivity contribution in [1.29, 1.82) is 0 Å². The molecule has 2 aromatic rings. The van der Waals surface area contributed by atoms with Crippen molar-refractivity contribution in [3.8, 4) is 11.5 Å². The van der Waals surface area contributed by atoms with Gasteiger partial charge in [-0.1, -0.05) is 13.0 Å². The Morgan fingerprint density at radius 2 is 2.03 bits per heavy atom. The summed E-state index contributed by atoms with van der Waals surface area (Å²) in [4.78, 5) is 20.8. The molecule has 0 bridgehead atoms. The summed E-state index contributed by atoms with van der Waals surface area (Å²) < 4.78 is 11.8. The number of aryl methyl sites for hydroxylation is 1. The summed E-state index contributed by atoms with van der Waals surface area (Å²) in [7, 11) is 1.60. The van der Waals surface area contributed by atoms with Gasteiger partial charge in [-0.05, 0) is 31.5 Å². The van der Waals surface area contributed by atoms with Crippen molar-refractivity contribution >= 4 is 22.4 Å². The lowest BCUT2D eigenvalue weighted by molar-refractivity contribution is -0.141. The second-order valence-electron chi connectivity index (χ2n) is 9.48. The molecule has 0 spiro atoms. The summed E-state index contributed by atoms with van der Waals surface area (Å²) in [5.74, 6) is 0.515. The van der Waals surface area contributed by atoms with Crippen molar-refractivity contribution in [2.75, 3.05) is 44.8 Å². The summed E-state index contributed by atoms with van der Waals surface area (Å²) in [5.41, 5.74) is 1.29. The average Bonchev–Trinajstić information content (AvgIpc) is 3.38. The number of aliphatic hydroxyl groups excluding tert-OH is 3. The Kier molecular flexibility index (Phi) is 7.04. The molecule has 0 radical (unpaired) electrons. The van der Waals surface area contributed by atoms with E-state index < -0.39 is 30.1 Å². The van der Waals surface area contributed by atoms with Crippen LogP contribution in [0.4, 0.5) is 5.13 Å². The van der Waals surface area contributed by atoms with E-state index in [2.05, 4.69) is 9.88 Å². The number of amides is 1. The van der Waals surface area contributed by atoms with Gasteiger partial charge in [0.15, 0.2) is 22.7 Å². The second-order valence-corrected chi connectivity index (χ2v) is 10.3. The molecule has 4 rings (SSSR count). The van der Waals surface area contributed by atoms with E-state index in [1.807, 2.05) is 37.4 Å². The van der Waals surface area contributed by atoms with Gasteiger partial charge < -0.3 is 34.6 Å². The fourth-order valence-corrected chi connectivity index (χ4v) is 5.54. The van der Waals surface area contributed by atoms with Crippen molar-refractivity contribution in [3.05, 3.63) is 34.8 Å². The zero-order valence-electron chi connectivity index (χ0n) is 20.0. The maximum atomic E-state index is 12.6. The smallest absolute Gasteiger partial charge is 0.253 e. The lowest BCUT2D eigenvalue weighted by Crippen LogP contribution is -2.54. The molecule has 2 aliphatic rings. The highest BCUT2D eigenvalue weighted by atomic mass is 32.1. The molecular weight excluding hydrogens is 458 g/mol. The van der Waals surface area contributed by atoms with E-state index in [0.717, 1.165) is 29.5 Å². The third-order valence-electron chi connectivity index (χ3n) is 7.06. The number of likely N-dealkylation sites (tertiary alicyclic amines) is 1. The van der Waals surface area contributed by atoms with E-state index in [1.165, 1.54) is 4.90 Å². The molecule has 1 amide bonds. The largest absolute Gasteiger partial charge is 0.493 e. The van der Waals surface area contributed by atoms with Crippen molar-refractivity contribution < 1.29 is 29.6 Å². The minimum Gasteiger partial charge on any atom is -0.493 e. The predicted molar refractivity (Wildman–Crippen MR) is 129 cm³/mol. The molecule has 3 N–H and O–H groups in total. The number of ether oxygens (including phenoxy) is 2. The molecule has 10 heteroatoms. The molecule has 1 aromatic heterocycles. The number of rotatable bonds is 8. The van der Waals surface area contributed by atoms with Crippen LogP contribution in [0.25, 0.3) is 0 Å². The van der Waals surface area contributed by atoms with Crippen LogP contribution in [0.15, 0.2) is 23.6 Å². The van der Waals surface area contributed by atoms with Gasteiger partial charge in [-0.15, -0.1) is 11.3 Å². The molecule has 2 fully saturated rings. The minimum absolute atomic E-state index is 0.00198. The quantitative estimate of drug-likeness (QED) is 0.508. The van der Waals surface area contributed by atoms with Crippen molar-refractivity contribution in [2.24, 2.45) is 5.41 Å². The molecular formula is C24H33N3O6S. The SMILES string of the molecule is COc1ccc([C@@H]2CN(C(=O)C(O)CO)C[C@@]2(C)[C@@H](C)O)cc1OC1CN(c2nc(C)cs2)C1. The Morgan fingerprint density at radius 1 is 1.29 bits per heavy atom. The number of carbonyl (C=O) groups excluding carboxylic acids is 1. The highest BCUT2D eigenvalue weighted by molar-refractivity contribution is 7.13. The van der Waals surface area contributed by atoms with E-state index in [0.29, 0.717) is 18.0 Å². The van der Waals surface area contributed by atoms with Crippen molar-refractivity contribution in [2.45, 2.75) is 45.0 Å². The van der Waals surface area contributed by atoms with E-state index >= 15 is 0 Å². The first-order valence-corrected chi connectivity index (χ1v) is 12.3. The molecule has 0 saturated carbocycles. The van der Waals surface area contributed by atoms with E-state index in [1.54, 1.807) is 25.4 Å². The van der Waals surface area contributed by atoms with Gasteiger partial charge in [0.1, 0.15) is 6.10 Å². The van der Waals surface area contributed by atoms with Crippen LogP contribution < -0.4 is 14.4 Å². The monoisotopic (exact) mass is 491 g/mol. The highest BCUT2D eigenvalue weighted by Crippen LogP contribution is 2.47. The Balaban J connectivity index is 1.53. The third kappa shape index (κ3) is 4.59. The van der Waals surface area contributed by atoms with Gasteiger partial charge in [-0.3, -0.25) is 4.79 Å². The number of hydrogen-bond donors (Lipinski definition) is 3. The number of nitrogens with zero attached hydrogens (tertiary/aromatic N) is 3. The second kappa shape index (κ2) is 9.69. The molecule has 2 aliphatic heterocycles. The Morgan fingerprint density at radius 3 is 2.62 bits per heavy atom. The lowest BCUT2D eigenvalue weighted by Gasteiger charge is -2.39. The minimum atomic E-state index is -1.46. The number of aliphatic hydroxyl groups is 3. The summed E-state index contributed by atoms with van der Waals surface area (Å²) >= 11 is 1.62.